The average Bonchev–Trinajstić information content (AvgIpc) is 2.47. The van der Waals surface area contributed by atoms with Crippen molar-refractivity contribution in [2.45, 2.75) is 13.8 Å². The minimum atomic E-state index is -0.890. The number of anilines is 1. The molecule has 0 radical (unpaired) electrons. The summed E-state index contributed by atoms with van der Waals surface area (Å²) in [5.74, 6) is -0.890. The summed E-state index contributed by atoms with van der Waals surface area (Å²) in [6.45, 7) is 3.64. The van der Waals surface area contributed by atoms with Gasteiger partial charge in [-0.25, -0.2) is 4.79 Å². The lowest BCUT2D eigenvalue weighted by Crippen LogP contribution is -1.95. The molecule has 0 aliphatic rings. The van der Waals surface area contributed by atoms with E-state index in [1.54, 1.807) is 13.0 Å². The van der Waals surface area contributed by atoms with Gasteiger partial charge < -0.3 is 10.4 Å². The monoisotopic (exact) mass is 281 g/mol. The van der Waals surface area contributed by atoms with Crippen molar-refractivity contribution in [3.8, 4) is 11.1 Å². The van der Waals surface area contributed by atoms with Crippen LogP contribution in [0.2, 0.25) is 0 Å². The molecule has 0 saturated carbocycles. The van der Waals surface area contributed by atoms with Crippen LogP contribution in [0.4, 0.5) is 5.69 Å². The maximum Gasteiger partial charge on any atom is 0.331 e. The third-order valence-electron chi connectivity index (χ3n) is 3.43. The fourth-order valence-corrected chi connectivity index (χ4v) is 2.25. The van der Waals surface area contributed by atoms with Gasteiger partial charge in [0.1, 0.15) is 0 Å². The van der Waals surface area contributed by atoms with Gasteiger partial charge in [0.2, 0.25) is 0 Å². The lowest BCUT2D eigenvalue weighted by Gasteiger charge is -2.09. The predicted octanol–water partition coefficient (Wildman–Crippen LogP) is 4.19. The van der Waals surface area contributed by atoms with Gasteiger partial charge in [0, 0.05) is 18.3 Å². The number of aliphatic carboxylic acids is 1. The predicted molar refractivity (Wildman–Crippen MR) is 87.4 cm³/mol. The Morgan fingerprint density at radius 3 is 2.57 bits per heavy atom. The fourth-order valence-electron chi connectivity index (χ4n) is 2.25. The quantitative estimate of drug-likeness (QED) is 0.826. The third kappa shape index (κ3) is 3.51. The number of aryl methyl sites for hydroxylation is 1. The fraction of sp³-hybridized carbons (Fsp3) is 0.167. The van der Waals surface area contributed by atoms with Crippen LogP contribution in [-0.2, 0) is 4.79 Å². The van der Waals surface area contributed by atoms with Crippen molar-refractivity contribution in [2.24, 2.45) is 0 Å². The Morgan fingerprint density at radius 2 is 1.95 bits per heavy atom. The molecular formula is C18H19NO2. The second kappa shape index (κ2) is 6.27. The maximum atomic E-state index is 10.9. The summed E-state index contributed by atoms with van der Waals surface area (Å²) >= 11 is 0. The Kier molecular flexibility index (Phi) is 4.43. The second-order valence-electron chi connectivity index (χ2n) is 5.04. The van der Waals surface area contributed by atoms with Crippen molar-refractivity contribution in [1.29, 1.82) is 0 Å². The van der Waals surface area contributed by atoms with E-state index in [2.05, 4.69) is 17.4 Å². The molecule has 0 fully saturated rings. The standard InChI is InChI=1S/C18H19NO2/c1-12-9-14(10-13(2)18(20)21)7-8-17(12)15-5-4-6-16(11-15)19-3/h4-11,19H,1-3H3,(H,20,21). The van der Waals surface area contributed by atoms with E-state index in [-0.39, 0.29) is 0 Å². The Labute approximate surface area is 124 Å². The van der Waals surface area contributed by atoms with Crippen molar-refractivity contribution in [3.63, 3.8) is 0 Å². The van der Waals surface area contributed by atoms with Crippen LogP contribution in [0, 0.1) is 6.92 Å². The summed E-state index contributed by atoms with van der Waals surface area (Å²) in [4.78, 5) is 10.9. The first-order chi connectivity index (χ1) is 10.0. The van der Waals surface area contributed by atoms with E-state index in [1.807, 2.05) is 44.3 Å². The van der Waals surface area contributed by atoms with Crippen LogP contribution >= 0.6 is 0 Å². The minimum absolute atomic E-state index is 0.333. The van der Waals surface area contributed by atoms with Gasteiger partial charge in [-0.1, -0.05) is 30.3 Å². The van der Waals surface area contributed by atoms with E-state index in [0.29, 0.717) is 5.57 Å². The summed E-state index contributed by atoms with van der Waals surface area (Å²) in [5.41, 5.74) is 5.72. The minimum Gasteiger partial charge on any atom is -0.478 e. The molecule has 3 heteroatoms. The zero-order valence-electron chi connectivity index (χ0n) is 12.5. The number of rotatable bonds is 4. The van der Waals surface area contributed by atoms with Gasteiger partial charge >= 0.3 is 5.97 Å². The number of nitrogens with one attached hydrogen (secondary N) is 1. The van der Waals surface area contributed by atoms with Gasteiger partial charge in [-0.05, 0) is 54.3 Å². The summed E-state index contributed by atoms with van der Waals surface area (Å²) in [6.07, 6.45) is 1.68. The molecule has 0 heterocycles. The van der Waals surface area contributed by atoms with Crippen LogP contribution in [0.5, 0.6) is 0 Å². The molecule has 0 unspecified atom stereocenters. The molecule has 21 heavy (non-hydrogen) atoms. The largest absolute Gasteiger partial charge is 0.478 e. The van der Waals surface area contributed by atoms with E-state index >= 15 is 0 Å². The second-order valence-corrected chi connectivity index (χ2v) is 5.04. The number of carbonyl (C=O) groups is 1. The number of hydrogen-bond donors (Lipinski definition) is 2. The SMILES string of the molecule is CNc1cccc(-c2ccc(C=C(C)C(=O)O)cc2C)c1. The Hall–Kier alpha value is -2.55. The molecule has 2 N–H and O–H groups in total. The zero-order chi connectivity index (χ0) is 15.4. The summed E-state index contributed by atoms with van der Waals surface area (Å²) in [7, 11) is 1.90. The molecule has 2 rings (SSSR count). The van der Waals surface area contributed by atoms with Gasteiger partial charge in [0.05, 0.1) is 0 Å². The highest BCUT2D eigenvalue weighted by molar-refractivity contribution is 5.91. The number of benzene rings is 2. The Bertz CT molecular complexity index is 702. The molecule has 0 aliphatic heterocycles. The van der Waals surface area contributed by atoms with E-state index in [0.717, 1.165) is 27.9 Å². The lowest BCUT2D eigenvalue weighted by molar-refractivity contribution is -0.132. The average molecular weight is 281 g/mol. The number of hydrogen-bond acceptors (Lipinski definition) is 2. The topological polar surface area (TPSA) is 49.3 Å². The normalized spacial score (nSPS) is 11.3. The highest BCUT2D eigenvalue weighted by Gasteiger charge is 2.05. The van der Waals surface area contributed by atoms with Crippen molar-refractivity contribution < 1.29 is 9.90 Å². The highest BCUT2D eigenvalue weighted by Crippen LogP contribution is 2.27. The van der Waals surface area contributed by atoms with E-state index in [4.69, 9.17) is 5.11 Å². The molecule has 0 amide bonds. The first kappa shape index (κ1) is 14.9. The smallest absolute Gasteiger partial charge is 0.331 e. The molecule has 108 valence electrons. The van der Waals surface area contributed by atoms with Crippen LogP contribution in [-0.4, -0.2) is 18.1 Å². The molecule has 0 atom stereocenters. The molecule has 0 aromatic heterocycles. The Balaban J connectivity index is 2.39. The van der Waals surface area contributed by atoms with Crippen LogP contribution in [0.1, 0.15) is 18.1 Å². The molecule has 0 saturated heterocycles. The van der Waals surface area contributed by atoms with Gasteiger partial charge in [-0.3, -0.25) is 0 Å². The molecule has 0 spiro atoms. The summed E-state index contributed by atoms with van der Waals surface area (Å²) in [6, 6.07) is 14.2. The van der Waals surface area contributed by atoms with Crippen molar-refractivity contribution >= 4 is 17.7 Å². The molecular weight excluding hydrogens is 262 g/mol. The van der Waals surface area contributed by atoms with E-state index in [1.165, 1.54) is 0 Å². The van der Waals surface area contributed by atoms with Crippen LogP contribution in [0.25, 0.3) is 17.2 Å². The van der Waals surface area contributed by atoms with Crippen LogP contribution in [0.15, 0.2) is 48.0 Å². The van der Waals surface area contributed by atoms with Gasteiger partial charge in [-0.15, -0.1) is 0 Å². The van der Waals surface area contributed by atoms with E-state index < -0.39 is 5.97 Å². The molecule has 0 aliphatic carbocycles. The molecule has 3 nitrogen and oxygen atoms in total. The summed E-state index contributed by atoms with van der Waals surface area (Å²) in [5, 5.41) is 12.1. The number of carboxylic acid groups (broad SMARTS) is 1. The first-order valence-corrected chi connectivity index (χ1v) is 6.81. The zero-order valence-corrected chi connectivity index (χ0v) is 12.5. The highest BCUT2D eigenvalue weighted by atomic mass is 16.4. The van der Waals surface area contributed by atoms with Crippen molar-refractivity contribution in [2.75, 3.05) is 12.4 Å². The van der Waals surface area contributed by atoms with Crippen LogP contribution in [0.3, 0.4) is 0 Å². The van der Waals surface area contributed by atoms with Gasteiger partial charge in [0.25, 0.3) is 0 Å². The third-order valence-corrected chi connectivity index (χ3v) is 3.43. The Morgan fingerprint density at radius 1 is 1.19 bits per heavy atom. The first-order valence-electron chi connectivity index (χ1n) is 6.81. The molecule has 0 bridgehead atoms. The van der Waals surface area contributed by atoms with Gasteiger partial charge in [-0.2, -0.15) is 0 Å². The van der Waals surface area contributed by atoms with Crippen molar-refractivity contribution in [1.82, 2.24) is 0 Å². The molecule has 2 aromatic rings. The van der Waals surface area contributed by atoms with E-state index in [9.17, 15) is 4.79 Å². The summed E-state index contributed by atoms with van der Waals surface area (Å²) < 4.78 is 0. The maximum absolute atomic E-state index is 10.9. The van der Waals surface area contributed by atoms with Crippen molar-refractivity contribution in [3.05, 3.63) is 59.2 Å². The number of carboxylic acids is 1. The van der Waals surface area contributed by atoms with Gasteiger partial charge in [0.15, 0.2) is 0 Å². The van der Waals surface area contributed by atoms with Crippen LogP contribution < -0.4 is 5.32 Å². The molecule has 2 aromatic carbocycles. The lowest BCUT2D eigenvalue weighted by atomic mass is 9.97.